The number of fused-ring (bicyclic) bond motifs is 1. The van der Waals surface area contributed by atoms with Gasteiger partial charge in [0, 0.05) is 57.2 Å². The van der Waals surface area contributed by atoms with Gasteiger partial charge in [-0.05, 0) is 11.6 Å². The third kappa shape index (κ3) is 4.38. The van der Waals surface area contributed by atoms with E-state index in [1.54, 1.807) is 6.20 Å². The zero-order valence-corrected chi connectivity index (χ0v) is 15.0. The van der Waals surface area contributed by atoms with Crippen molar-refractivity contribution in [3.05, 3.63) is 78.1 Å². The van der Waals surface area contributed by atoms with E-state index in [0.29, 0.717) is 12.2 Å². The van der Waals surface area contributed by atoms with Crippen molar-refractivity contribution in [2.24, 2.45) is 5.92 Å². The van der Waals surface area contributed by atoms with Crippen LogP contribution in [0.4, 0.5) is 0 Å². The molecule has 4 rings (SSSR count). The van der Waals surface area contributed by atoms with Crippen LogP contribution in [0.3, 0.4) is 0 Å². The Hall–Kier alpha value is -3.06. The summed E-state index contributed by atoms with van der Waals surface area (Å²) in [4.78, 5) is 22.7. The lowest BCUT2D eigenvalue weighted by molar-refractivity contribution is 0.0935. The van der Waals surface area contributed by atoms with E-state index in [1.807, 2.05) is 16.9 Å². The SMILES string of the molecule is O=C(NCC1CN(Cc2ccccc2)Cc2ccnn2C1)c1cnccn1. The van der Waals surface area contributed by atoms with Crippen LogP contribution in [0.5, 0.6) is 0 Å². The van der Waals surface area contributed by atoms with Gasteiger partial charge in [-0.3, -0.25) is 19.4 Å². The third-order valence-electron chi connectivity index (χ3n) is 4.73. The molecule has 0 bridgehead atoms. The lowest BCUT2D eigenvalue weighted by atomic mass is 10.1. The van der Waals surface area contributed by atoms with Gasteiger partial charge in [-0.15, -0.1) is 0 Å². The lowest BCUT2D eigenvalue weighted by Crippen LogP contribution is -2.36. The van der Waals surface area contributed by atoms with Crippen LogP contribution in [-0.2, 0) is 19.6 Å². The Kier molecular flexibility index (Phi) is 5.20. The van der Waals surface area contributed by atoms with Crippen molar-refractivity contribution in [1.29, 1.82) is 0 Å². The molecule has 3 aromatic rings. The molecule has 138 valence electrons. The number of carbonyl (C=O) groups is 1. The van der Waals surface area contributed by atoms with Gasteiger partial charge in [0.05, 0.1) is 11.9 Å². The Morgan fingerprint density at radius 1 is 1.11 bits per heavy atom. The van der Waals surface area contributed by atoms with E-state index in [4.69, 9.17) is 0 Å². The van der Waals surface area contributed by atoms with Gasteiger partial charge >= 0.3 is 0 Å². The van der Waals surface area contributed by atoms with Gasteiger partial charge in [0.1, 0.15) is 5.69 Å². The molecule has 1 aromatic carbocycles. The number of hydrogen-bond acceptors (Lipinski definition) is 5. The smallest absolute Gasteiger partial charge is 0.271 e. The fourth-order valence-electron chi connectivity index (χ4n) is 3.45. The van der Waals surface area contributed by atoms with E-state index in [2.05, 4.69) is 55.6 Å². The third-order valence-corrected chi connectivity index (χ3v) is 4.73. The summed E-state index contributed by atoms with van der Waals surface area (Å²) in [6, 6.07) is 12.5. The minimum atomic E-state index is -0.192. The molecule has 1 N–H and O–H groups in total. The Morgan fingerprint density at radius 3 is 2.81 bits per heavy atom. The van der Waals surface area contributed by atoms with Crippen molar-refractivity contribution in [1.82, 2.24) is 30.0 Å². The van der Waals surface area contributed by atoms with Gasteiger partial charge < -0.3 is 5.32 Å². The predicted octanol–water partition coefficient (Wildman–Crippen LogP) is 1.74. The van der Waals surface area contributed by atoms with E-state index in [9.17, 15) is 4.79 Å². The van der Waals surface area contributed by atoms with Crippen molar-refractivity contribution in [2.45, 2.75) is 19.6 Å². The molecular formula is C20H22N6O. The maximum Gasteiger partial charge on any atom is 0.271 e. The number of aromatic nitrogens is 4. The van der Waals surface area contributed by atoms with Crippen molar-refractivity contribution in [2.75, 3.05) is 13.1 Å². The fraction of sp³-hybridized carbons (Fsp3) is 0.300. The number of nitrogens with one attached hydrogen (secondary N) is 1. The van der Waals surface area contributed by atoms with Gasteiger partial charge in [0.25, 0.3) is 5.91 Å². The molecule has 1 atom stereocenters. The van der Waals surface area contributed by atoms with Crippen LogP contribution in [0.1, 0.15) is 21.7 Å². The molecule has 0 saturated heterocycles. The molecule has 27 heavy (non-hydrogen) atoms. The lowest BCUT2D eigenvalue weighted by Gasteiger charge is -2.24. The molecule has 3 heterocycles. The summed E-state index contributed by atoms with van der Waals surface area (Å²) in [5, 5.41) is 7.44. The van der Waals surface area contributed by atoms with Crippen LogP contribution in [0, 0.1) is 5.92 Å². The highest BCUT2D eigenvalue weighted by molar-refractivity contribution is 5.91. The van der Waals surface area contributed by atoms with Gasteiger partial charge in [-0.25, -0.2) is 4.98 Å². The molecular weight excluding hydrogens is 340 g/mol. The van der Waals surface area contributed by atoms with Gasteiger partial charge in [0.15, 0.2) is 0 Å². The summed E-state index contributed by atoms with van der Waals surface area (Å²) in [6.07, 6.45) is 6.41. The molecule has 0 saturated carbocycles. The van der Waals surface area contributed by atoms with Crippen LogP contribution in [0.15, 0.2) is 61.2 Å². The first kappa shape index (κ1) is 17.4. The number of carbonyl (C=O) groups excluding carboxylic acids is 1. The van der Waals surface area contributed by atoms with Crippen molar-refractivity contribution in [3.63, 3.8) is 0 Å². The second-order valence-electron chi connectivity index (χ2n) is 6.83. The van der Waals surface area contributed by atoms with E-state index < -0.39 is 0 Å². The number of nitrogens with zero attached hydrogens (tertiary/aromatic N) is 5. The standard InChI is InChI=1S/C20H22N6O/c27-20(19-11-21-8-9-22-19)23-10-17-13-25(12-16-4-2-1-3-5-16)15-18-6-7-24-26(18)14-17/h1-9,11,17H,10,12-15H2,(H,23,27). The molecule has 7 heteroatoms. The summed E-state index contributed by atoms with van der Waals surface area (Å²) in [6.45, 7) is 3.97. The van der Waals surface area contributed by atoms with Crippen LogP contribution in [0.2, 0.25) is 0 Å². The van der Waals surface area contributed by atoms with Crippen molar-refractivity contribution >= 4 is 5.91 Å². The summed E-state index contributed by atoms with van der Waals surface area (Å²) in [5.74, 6) is 0.0677. The number of benzene rings is 1. The second kappa shape index (κ2) is 8.09. The molecule has 1 amide bonds. The van der Waals surface area contributed by atoms with Gasteiger partial charge in [-0.1, -0.05) is 30.3 Å². The Morgan fingerprint density at radius 2 is 2.00 bits per heavy atom. The van der Waals surface area contributed by atoms with Gasteiger partial charge in [-0.2, -0.15) is 5.10 Å². The van der Waals surface area contributed by atoms with Crippen LogP contribution < -0.4 is 5.32 Å². The number of amides is 1. The zero-order valence-electron chi connectivity index (χ0n) is 15.0. The number of rotatable bonds is 5. The minimum Gasteiger partial charge on any atom is -0.350 e. The molecule has 0 fully saturated rings. The molecule has 0 radical (unpaired) electrons. The first-order chi connectivity index (χ1) is 13.3. The highest BCUT2D eigenvalue weighted by Gasteiger charge is 2.23. The normalized spacial score (nSPS) is 17.1. The van der Waals surface area contributed by atoms with Gasteiger partial charge in [0.2, 0.25) is 0 Å². The highest BCUT2D eigenvalue weighted by atomic mass is 16.1. The molecule has 2 aromatic heterocycles. The molecule has 1 aliphatic rings. The Bertz CT molecular complexity index is 880. The fourth-order valence-corrected chi connectivity index (χ4v) is 3.45. The van der Waals surface area contributed by atoms with Crippen molar-refractivity contribution < 1.29 is 4.79 Å². The monoisotopic (exact) mass is 362 g/mol. The van der Waals surface area contributed by atoms with E-state index in [-0.39, 0.29) is 11.8 Å². The maximum atomic E-state index is 12.3. The molecule has 1 unspecified atom stereocenters. The Balaban J connectivity index is 1.44. The number of hydrogen-bond donors (Lipinski definition) is 1. The van der Waals surface area contributed by atoms with E-state index >= 15 is 0 Å². The van der Waals surface area contributed by atoms with E-state index in [0.717, 1.165) is 26.2 Å². The summed E-state index contributed by atoms with van der Waals surface area (Å²) in [5.41, 5.74) is 2.83. The average molecular weight is 362 g/mol. The molecule has 7 nitrogen and oxygen atoms in total. The molecule has 0 aliphatic carbocycles. The summed E-state index contributed by atoms with van der Waals surface area (Å²) < 4.78 is 2.05. The summed E-state index contributed by atoms with van der Waals surface area (Å²) in [7, 11) is 0. The molecule has 0 spiro atoms. The Labute approximate surface area is 158 Å². The topological polar surface area (TPSA) is 75.9 Å². The highest BCUT2D eigenvalue weighted by Crippen LogP contribution is 2.18. The average Bonchev–Trinajstić information content (AvgIpc) is 3.06. The maximum absolute atomic E-state index is 12.3. The van der Waals surface area contributed by atoms with Crippen LogP contribution >= 0.6 is 0 Å². The van der Waals surface area contributed by atoms with Crippen molar-refractivity contribution in [3.8, 4) is 0 Å². The molecule has 1 aliphatic heterocycles. The minimum absolute atomic E-state index is 0.192. The first-order valence-electron chi connectivity index (χ1n) is 9.09. The zero-order chi connectivity index (χ0) is 18.5. The largest absolute Gasteiger partial charge is 0.350 e. The predicted molar refractivity (Wildman–Crippen MR) is 101 cm³/mol. The van der Waals surface area contributed by atoms with E-state index in [1.165, 1.54) is 23.7 Å². The first-order valence-corrected chi connectivity index (χ1v) is 9.09. The summed E-state index contributed by atoms with van der Waals surface area (Å²) >= 11 is 0. The van der Waals surface area contributed by atoms with Crippen LogP contribution in [0.25, 0.3) is 0 Å². The van der Waals surface area contributed by atoms with Crippen LogP contribution in [-0.4, -0.2) is 43.6 Å². The quantitative estimate of drug-likeness (QED) is 0.748. The second-order valence-corrected chi connectivity index (χ2v) is 6.83.